The Morgan fingerprint density at radius 1 is 1.24 bits per heavy atom. The number of carbonyl (C=O) groups is 1. The fourth-order valence-corrected chi connectivity index (χ4v) is 2.02. The summed E-state index contributed by atoms with van der Waals surface area (Å²) >= 11 is 0. The predicted octanol–water partition coefficient (Wildman–Crippen LogP) is 1.36. The number of primary amides is 1. The molecular formula is C13H9F2N5O. The van der Waals surface area contributed by atoms with Crippen LogP contribution in [-0.2, 0) is 0 Å². The summed E-state index contributed by atoms with van der Waals surface area (Å²) < 4.78 is 29.2. The number of nitrogens with two attached hydrogens (primary N) is 2. The van der Waals surface area contributed by atoms with Gasteiger partial charge >= 0.3 is 0 Å². The first-order valence-corrected chi connectivity index (χ1v) is 5.85. The molecule has 2 aromatic heterocycles. The van der Waals surface area contributed by atoms with Crippen molar-refractivity contribution >= 4 is 17.1 Å². The minimum absolute atomic E-state index is 0.0261. The number of imidazole rings is 1. The number of halogens is 2. The van der Waals surface area contributed by atoms with E-state index < -0.39 is 17.5 Å². The molecule has 2 heterocycles. The molecule has 0 atom stereocenters. The molecule has 3 rings (SSSR count). The van der Waals surface area contributed by atoms with Crippen LogP contribution in [0, 0.1) is 11.6 Å². The number of aromatic nitrogens is 3. The number of rotatable bonds is 2. The molecule has 4 N–H and O–H groups in total. The third-order valence-corrected chi connectivity index (χ3v) is 3.03. The Hall–Kier alpha value is -3.03. The molecule has 1 aromatic carbocycles. The smallest absolute Gasteiger partial charge is 0.269 e. The predicted molar refractivity (Wildman–Crippen MR) is 71.3 cm³/mol. The van der Waals surface area contributed by atoms with Crippen LogP contribution in [0.1, 0.15) is 10.5 Å². The maximum atomic E-state index is 14.0. The Kier molecular flexibility index (Phi) is 2.79. The number of anilines is 1. The molecule has 0 saturated carbocycles. The van der Waals surface area contributed by atoms with Crippen molar-refractivity contribution < 1.29 is 13.6 Å². The minimum atomic E-state index is -0.892. The van der Waals surface area contributed by atoms with Gasteiger partial charge in [-0.2, -0.15) is 0 Å². The van der Waals surface area contributed by atoms with Crippen molar-refractivity contribution in [3.8, 4) is 11.3 Å². The molecule has 0 radical (unpaired) electrons. The first kappa shape index (κ1) is 13.0. The summed E-state index contributed by atoms with van der Waals surface area (Å²) in [6.45, 7) is 0. The number of hydrogen-bond donors (Lipinski definition) is 2. The Morgan fingerprint density at radius 2 is 2.00 bits per heavy atom. The van der Waals surface area contributed by atoms with Crippen LogP contribution in [0.15, 0.2) is 30.9 Å². The number of carbonyl (C=O) groups excluding carboxylic acids is 1. The summed E-state index contributed by atoms with van der Waals surface area (Å²) in [7, 11) is 0. The third kappa shape index (κ3) is 1.97. The van der Waals surface area contributed by atoms with Gasteiger partial charge in [-0.15, -0.1) is 0 Å². The maximum absolute atomic E-state index is 14.0. The van der Waals surface area contributed by atoms with E-state index >= 15 is 0 Å². The highest BCUT2D eigenvalue weighted by Crippen LogP contribution is 2.28. The van der Waals surface area contributed by atoms with Crippen molar-refractivity contribution in [3.05, 3.63) is 48.2 Å². The normalized spacial score (nSPS) is 11.0. The van der Waals surface area contributed by atoms with Crippen molar-refractivity contribution in [2.24, 2.45) is 5.73 Å². The van der Waals surface area contributed by atoms with Crippen LogP contribution < -0.4 is 11.5 Å². The number of hydrogen-bond acceptors (Lipinski definition) is 4. The second kappa shape index (κ2) is 4.51. The second-order valence-corrected chi connectivity index (χ2v) is 4.35. The Labute approximate surface area is 117 Å². The molecule has 0 aliphatic heterocycles. The number of benzene rings is 1. The molecule has 0 bridgehead atoms. The van der Waals surface area contributed by atoms with Gasteiger partial charge in [-0.3, -0.25) is 9.78 Å². The van der Waals surface area contributed by atoms with E-state index in [1.54, 1.807) is 0 Å². The molecule has 0 aliphatic carbocycles. The lowest BCUT2D eigenvalue weighted by molar-refractivity contribution is 0.0997. The van der Waals surface area contributed by atoms with Crippen molar-refractivity contribution in [1.29, 1.82) is 0 Å². The van der Waals surface area contributed by atoms with E-state index in [0.29, 0.717) is 5.52 Å². The van der Waals surface area contributed by atoms with Gasteiger partial charge in [-0.1, -0.05) is 0 Å². The highest BCUT2D eigenvalue weighted by atomic mass is 19.1. The molecule has 8 heteroatoms. The van der Waals surface area contributed by atoms with Crippen LogP contribution in [0.2, 0.25) is 0 Å². The molecule has 21 heavy (non-hydrogen) atoms. The van der Waals surface area contributed by atoms with Gasteiger partial charge < -0.3 is 15.9 Å². The summed E-state index contributed by atoms with van der Waals surface area (Å²) in [6, 6.07) is 2.19. The summed E-state index contributed by atoms with van der Waals surface area (Å²) in [4.78, 5) is 18.9. The van der Waals surface area contributed by atoms with Gasteiger partial charge in [-0.25, -0.2) is 13.8 Å². The van der Waals surface area contributed by atoms with Crippen molar-refractivity contribution in [1.82, 2.24) is 14.4 Å². The highest BCUT2D eigenvalue weighted by Gasteiger charge is 2.17. The lowest BCUT2D eigenvalue weighted by Gasteiger charge is -2.07. The average molecular weight is 289 g/mol. The van der Waals surface area contributed by atoms with E-state index in [1.165, 1.54) is 23.1 Å². The molecule has 6 nitrogen and oxygen atoms in total. The Morgan fingerprint density at radius 3 is 2.71 bits per heavy atom. The average Bonchev–Trinajstić information content (AvgIpc) is 2.87. The lowest BCUT2D eigenvalue weighted by atomic mass is 10.1. The maximum Gasteiger partial charge on any atom is 0.269 e. The van der Waals surface area contributed by atoms with E-state index in [0.717, 1.165) is 12.1 Å². The van der Waals surface area contributed by atoms with Gasteiger partial charge in [0.2, 0.25) is 0 Å². The summed E-state index contributed by atoms with van der Waals surface area (Å²) in [5.41, 5.74) is 10.5. The lowest BCUT2D eigenvalue weighted by Crippen LogP contribution is -2.11. The van der Waals surface area contributed by atoms with Crippen LogP contribution in [0.3, 0.4) is 0 Å². The first-order valence-electron chi connectivity index (χ1n) is 5.85. The monoisotopic (exact) mass is 289 g/mol. The van der Waals surface area contributed by atoms with Crippen molar-refractivity contribution in [2.45, 2.75) is 0 Å². The Balaban J connectivity index is 2.23. The van der Waals surface area contributed by atoms with E-state index in [4.69, 9.17) is 11.5 Å². The van der Waals surface area contributed by atoms with Gasteiger partial charge in [0.1, 0.15) is 12.1 Å². The molecule has 3 aromatic rings. The van der Waals surface area contributed by atoms with Gasteiger partial charge in [0.25, 0.3) is 5.91 Å². The van der Waals surface area contributed by atoms with Crippen molar-refractivity contribution in [2.75, 3.05) is 5.73 Å². The topological polar surface area (TPSA) is 99.3 Å². The van der Waals surface area contributed by atoms with Crippen LogP contribution in [0.25, 0.3) is 16.8 Å². The molecule has 0 unspecified atom stereocenters. The summed E-state index contributed by atoms with van der Waals surface area (Å²) in [6.07, 6.45) is 3.92. The SMILES string of the molecule is NC(=O)c1ncn2cc(-c3c(F)ccc(N)c3F)ncc12. The fourth-order valence-electron chi connectivity index (χ4n) is 2.02. The number of fused-ring (bicyclic) bond motifs is 1. The van der Waals surface area contributed by atoms with Crippen molar-refractivity contribution in [3.63, 3.8) is 0 Å². The minimum Gasteiger partial charge on any atom is -0.396 e. The van der Waals surface area contributed by atoms with Crippen LogP contribution in [-0.4, -0.2) is 20.3 Å². The Bertz CT molecular complexity index is 874. The highest BCUT2D eigenvalue weighted by molar-refractivity contribution is 5.97. The van der Waals surface area contributed by atoms with Crippen LogP contribution in [0.4, 0.5) is 14.5 Å². The van der Waals surface area contributed by atoms with Gasteiger partial charge in [-0.05, 0) is 12.1 Å². The first-order chi connectivity index (χ1) is 9.99. The zero-order valence-electron chi connectivity index (χ0n) is 10.5. The second-order valence-electron chi connectivity index (χ2n) is 4.35. The summed E-state index contributed by atoms with van der Waals surface area (Å²) in [5.74, 6) is -2.39. The van der Waals surface area contributed by atoms with Gasteiger partial charge in [0.05, 0.1) is 28.7 Å². The zero-order valence-corrected chi connectivity index (χ0v) is 10.5. The van der Waals surface area contributed by atoms with Gasteiger partial charge in [0, 0.05) is 6.20 Å². The number of nitrogen functional groups attached to an aromatic ring is 1. The molecule has 0 spiro atoms. The van der Waals surface area contributed by atoms with E-state index in [1.807, 2.05) is 0 Å². The fraction of sp³-hybridized carbons (Fsp3) is 0. The number of nitrogens with zero attached hydrogens (tertiary/aromatic N) is 3. The zero-order chi connectivity index (χ0) is 15.1. The molecule has 0 aliphatic rings. The largest absolute Gasteiger partial charge is 0.396 e. The molecular weight excluding hydrogens is 280 g/mol. The molecule has 106 valence electrons. The van der Waals surface area contributed by atoms with E-state index in [2.05, 4.69) is 9.97 Å². The quantitative estimate of drug-likeness (QED) is 0.696. The molecule has 1 amide bonds. The van der Waals surface area contributed by atoms with E-state index in [9.17, 15) is 13.6 Å². The third-order valence-electron chi connectivity index (χ3n) is 3.03. The number of amides is 1. The standard InChI is InChI=1S/C13H9F2N5O/c14-6-1-2-7(16)11(15)10(6)8-4-20-5-19-12(13(17)21)9(20)3-18-8/h1-5H,16H2,(H2,17,21). The molecule has 0 fully saturated rings. The van der Waals surface area contributed by atoms with Crippen LogP contribution in [0.5, 0.6) is 0 Å². The van der Waals surface area contributed by atoms with Gasteiger partial charge in [0.15, 0.2) is 11.5 Å². The summed E-state index contributed by atoms with van der Waals surface area (Å²) in [5, 5.41) is 0. The van der Waals surface area contributed by atoms with E-state index in [-0.39, 0.29) is 22.6 Å². The molecule has 0 saturated heterocycles. The van der Waals surface area contributed by atoms with Crippen LogP contribution >= 0.6 is 0 Å².